The van der Waals surface area contributed by atoms with E-state index < -0.39 is 5.91 Å². The summed E-state index contributed by atoms with van der Waals surface area (Å²) in [6.45, 7) is 0. The number of carbonyl (C=O) groups excluding carboxylic acids is 1. The Morgan fingerprint density at radius 3 is 2.89 bits per heavy atom. The fraction of sp³-hybridized carbons (Fsp3) is 0.0833. The topological polar surface area (TPSA) is 97.7 Å². The number of phenols is 1. The third-order valence-corrected chi connectivity index (χ3v) is 2.34. The van der Waals surface area contributed by atoms with Gasteiger partial charge in [-0.3, -0.25) is 4.79 Å². The van der Waals surface area contributed by atoms with Gasteiger partial charge in [0.1, 0.15) is 11.5 Å². The lowest BCUT2D eigenvalue weighted by molar-refractivity contribution is 0.0996. The number of hydrogen-bond donors (Lipinski definition) is 3. The summed E-state index contributed by atoms with van der Waals surface area (Å²) in [6.07, 6.45) is 1.39. The predicted octanol–water partition coefficient (Wildman–Crippen LogP) is 1.83. The Bertz CT molecular complexity index is 564. The van der Waals surface area contributed by atoms with E-state index in [1.807, 2.05) is 0 Å². The van der Waals surface area contributed by atoms with Gasteiger partial charge in [0.05, 0.1) is 24.7 Å². The van der Waals surface area contributed by atoms with E-state index >= 15 is 0 Å². The molecule has 0 fully saturated rings. The maximum atomic E-state index is 11.7. The predicted molar refractivity (Wildman–Crippen MR) is 65.7 cm³/mol. The summed E-state index contributed by atoms with van der Waals surface area (Å²) >= 11 is 0. The number of aromatic hydroxyl groups is 1. The molecule has 1 aromatic heterocycles. The van der Waals surface area contributed by atoms with Crippen LogP contribution in [-0.2, 0) is 0 Å². The van der Waals surface area contributed by atoms with Gasteiger partial charge < -0.3 is 25.3 Å². The zero-order valence-corrected chi connectivity index (χ0v) is 9.64. The minimum atomic E-state index is -0.470. The third-order valence-electron chi connectivity index (χ3n) is 2.34. The lowest BCUT2D eigenvalue weighted by Crippen LogP contribution is -2.11. The quantitative estimate of drug-likeness (QED) is 0.568. The summed E-state index contributed by atoms with van der Waals surface area (Å²) in [4.78, 5) is 11.7. The monoisotopic (exact) mass is 248 g/mol. The SMILES string of the molecule is COc1cc(NC(=O)c2ccco2)c(O)cc1N. The van der Waals surface area contributed by atoms with E-state index in [2.05, 4.69) is 5.32 Å². The van der Waals surface area contributed by atoms with E-state index in [4.69, 9.17) is 14.9 Å². The number of rotatable bonds is 3. The Balaban J connectivity index is 2.26. The molecule has 1 aromatic carbocycles. The molecule has 0 saturated carbocycles. The fourth-order valence-corrected chi connectivity index (χ4v) is 1.45. The largest absolute Gasteiger partial charge is 0.506 e. The van der Waals surface area contributed by atoms with E-state index in [0.717, 1.165) is 0 Å². The molecule has 0 atom stereocenters. The normalized spacial score (nSPS) is 10.1. The summed E-state index contributed by atoms with van der Waals surface area (Å²) in [5.74, 6) is -0.108. The number of furan rings is 1. The van der Waals surface area contributed by atoms with Gasteiger partial charge >= 0.3 is 0 Å². The number of benzene rings is 1. The number of nitrogens with two attached hydrogens (primary N) is 1. The lowest BCUT2D eigenvalue weighted by Gasteiger charge is -2.10. The molecule has 0 unspecified atom stereocenters. The molecule has 0 aliphatic heterocycles. The van der Waals surface area contributed by atoms with Crippen molar-refractivity contribution in [3.8, 4) is 11.5 Å². The van der Waals surface area contributed by atoms with Gasteiger partial charge in [0.2, 0.25) is 0 Å². The molecule has 6 heteroatoms. The smallest absolute Gasteiger partial charge is 0.291 e. The second-order valence-corrected chi connectivity index (χ2v) is 3.54. The van der Waals surface area contributed by atoms with Crippen LogP contribution in [0.1, 0.15) is 10.6 Å². The van der Waals surface area contributed by atoms with Crippen LogP contribution in [0.2, 0.25) is 0 Å². The standard InChI is InChI=1S/C12H12N2O4/c1-17-11-6-8(9(15)5-7(11)13)14-12(16)10-3-2-4-18-10/h2-6,15H,13H2,1H3,(H,14,16). The molecule has 4 N–H and O–H groups in total. The van der Waals surface area contributed by atoms with Crippen molar-refractivity contribution in [2.45, 2.75) is 0 Å². The zero-order valence-electron chi connectivity index (χ0n) is 9.64. The van der Waals surface area contributed by atoms with E-state index in [0.29, 0.717) is 5.75 Å². The highest BCUT2D eigenvalue weighted by atomic mass is 16.5. The molecule has 0 bridgehead atoms. The van der Waals surface area contributed by atoms with Crippen LogP contribution in [-0.4, -0.2) is 18.1 Å². The second-order valence-electron chi connectivity index (χ2n) is 3.54. The first-order valence-corrected chi connectivity index (χ1v) is 5.13. The van der Waals surface area contributed by atoms with Crippen LogP contribution < -0.4 is 15.8 Å². The number of hydrogen-bond acceptors (Lipinski definition) is 5. The molecule has 0 radical (unpaired) electrons. The van der Waals surface area contributed by atoms with Crippen LogP contribution in [0.3, 0.4) is 0 Å². The van der Waals surface area contributed by atoms with Crippen molar-refractivity contribution in [3.05, 3.63) is 36.3 Å². The molecule has 2 aromatic rings. The van der Waals surface area contributed by atoms with E-state index in [-0.39, 0.29) is 22.9 Å². The minimum absolute atomic E-state index is 0.144. The maximum absolute atomic E-state index is 11.7. The second kappa shape index (κ2) is 4.70. The lowest BCUT2D eigenvalue weighted by atomic mass is 10.2. The number of amides is 1. The molecule has 0 spiro atoms. The third kappa shape index (κ3) is 2.22. The van der Waals surface area contributed by atoms with Crippen LogP contribution >= 0.6 is 0 Å². The van der Waals surface area contributed by atoms with Crippen LogP contribution in [0, 0.1) is 0 Å². The Labute approximate surface area is 103 Å². The minimum Gasteiger partial charge on any atom is -0.506 e. The summed E-state index contributed by atoms with van der Waals surface area (Å²) in [5.41, 5.74) is 6.09. The number of phenolic OH excluding ortho intramolecular Hbond substituents is 1. The summed E-state index contributed by atoms with van der Waals surface area (Å²) in [5, 5.41) is 12.2. The van der Waals surface area contributed by atoms with Gasteiger partial charge in [-0.05, 0) is 12.1 Å². The molecule has 1 heterocycles. The number of nitrogen functional groups attached to an aromatic ring is 1. The van der Waals surface area contributed by atoms with Gasteiger partial charge in [0, 0.05) is 12.1 Å². The highest BCUT2D eigenvalue weighted by molar-refractivity contribution is 6.03. The first-order valence-electron chi connectivity index (χ1n) is 5.13. The molecule has 94 valence electrons. The Kier molecular flexibility index (Phi) is 3.09. The molecular formula is C12H12N2O4. The van der Waals surface area contributed by atoms with Gasteiger partial charge in [0.25, 0.3) is 5.91 Å². The Hall–Kier alpha value is -2.63. The summed E-state index contributed by atoms with van der Waals surface area (Å²) in [6, 6.07) is 5.85. The van der Waals surface area contributed by atoms with Crippen molar-refractivity contribution >= 4 is 17.3 Å². The number of nitrogens with one attached hydrogen (secondary N) is 1. The van der Waals surface area contributed by atoms with E-state index in [9.17, 15) is 9.90 Å². The molecule has 18 heavy (non-hydrogen) atoms. The van der Waals surface area contributed by atoms with Crippen molar-refractivity contribution in [1.82, 2.24) is 0 Å². The number of ether oxygens (including phenoxy) is 1. The van der Waals surface area contributed by atoms with Crippen molar-refractivity contribution in [2.24, 2.45) is 0 Å². The highest BCUT2D eigenvalue weighted by Crippen LogP contribution is 2.33. The van der Waals surface area contributed by atoms with E-state index in [1.54, 1.807) is 6.07 Å². The summed E-state index contributed by atoms with van der Waals surface area (Å²) in [7, 11) is 1.45. The van der Waals surface area contributed by atoms with Crippen LogP contribution in [0.25, 0.3) is 0 Å². The average Bonchev–Trinajstić information content (AvgIpc) is 2.86. The average molecular weight is 248 g/mol. The molecule has 0 aliphatic carbocycles. The van der Waals surface area contributed by atoms with Gasteiger partial charge in [-0.15, -0.1) is 0 Å². The van der Waals surface area contributed by atoms with Crippen molar-refractivity contribution in [1.29, 1.82) is 0 Å². The van der Waals surface area contributed by atoms with Gasteiger partial charge in [0.15, 0.2) is 5.76 Å². The number of methoxy groups -OCH3 is 1. The highest BCUT2D eigenvalue weighted by Gasteiger charge is 2.13. The number of carbonyl (C=O) groups is 1. The van der Waals surface area contributed by atoms with E-state index in [1.165, 1.54) is 31.6 Å². The Morgan fingerprint density at radius 1 is 1.50 bits per heavy atom. The van der Waals surface area contributed by atoms with Crippen LogP contribution in [0.5, 0.6) is 11.5 Å². The van der Waals surface area contributed by atoms with Crippen LogP contribution in [0.4, 0.5) is 11.4 Å². The van der Waals surface area contributed by atoms with Gasteiger partial charge in [-0.2, -0.15) is 0 Å². The molecule has 0 saturated heterocycles. The molecule has 1 amide bonds. The van der Waals surface area contributed by atoms with Gasteiger partial charge in [-0.1, -0.05) is 0 Å². The first-order chi connectivity index (χ1) is 8.61. The molecular weight excluding hydrogens is 236 g/mol. The fourth-order valence-electron chi connectivity index (χ4n) is 1.45. The number of anilines is 2. The van der Waals surface area contributed by atoms with Crippen LogP contribution in [0.15, 0.2) is 34.9 Å². The maximum Gasteiger partial charge on any atom is 0.291 e. The molecule has 0 aliphatic rings. The van der Waals surface area contributed by atoms with Crippen molar-refractivity contribution in [2.75, 3.05) is 18.2 Å². The molecule has 2 rings (SSSR count). The summed E-state index contributed by atoms with van der Waals surface area (Å²) < 4.78 is 9.94. The molecule has 6 nitrogen and oxygen atoms in total. The zero-order chi connectivity index (χ0) is 13.1. The first kappa shape index (κ1) is 11.8. The van der Waals surface area contributed by atoms with Gasteiger partial charge in [-0.25, -0.2) is 0 Å². The van der Waals surface area contributed by atoms with Crippen molar-refractivity contribution < 1.29 is 19.1 Å². The Morgan fingerprint density at radius 2 is 2.28 bits per heavy atom. The van der Waals surface area contributed by atoms with Crippen molar-refractivity contribution in [3.63, 3.8) is 0 Å².